The number of benzene rings is 1. The van der Waals surface area contributed by atoms with Crippen molar-refractivity contribution in [1.82, 2.24) is 9.55 Å². The summed E-state index contributed by atoms with van der Waals surface area (Å²) in [6.45, 7) is 2.20. The molecule has 0 radical (unpaired) electrons. The standard InChI is InChI=1S/C17H20Cl2N2OS/c1-2-3-4-9-23-13-22-17(11-21-8-7-20-12-21)15-6-5-14(18)10-16(15)19/h5-8,10-12H,2-4,9,13H2,1H3. The molecule has 0 bridgehead atoms. The van der Waals surface area contributed by atoms with Crippen LogP contribution in [0.15, 0.2) is 36.9 Å². The van der Waals surface area contributed by atoms with E-state index in [1.165, 1.54) is 19.3 Å². The fourth-order valence-electron chi connectivity index (χ4n) is 1.97. The summed E-state index contributed by atoms with van der Waals surface area (Å²) < 4.78 is 7.79. The fraction of sp³-hybridized carbons (Fsp3) is 0.353. The number of ether oxygens (including phenoxy) is 1. The molecule has 1 heterocycles. The molecule has 124 valence electrons. The predicted octanol–water partition coefficient (Wildman–Crippen LogP) is 6.04. The quantitative estimate of drug-likeness (QED) is 0.305. The van der Waals surface area contributed by atoms with Gasteiger partial charge < -0.3 is 9.30 Å². The lowest BCUT2D eigenvalue weighted by molar-refractivity contribution is 0.350. The third-order valence-corrected chi connectivity index (χ3v) is 4.59. The number of thioether (sulfide) groups is 1. The molecule has 0 N–H and O–H groups in total. The molecular weight excluding hydrogens is 351 g/mol. The van der Waals surface area contributed by atoms with Gasteiger partial charge in [0.1, 0.15) is 11.7 Å². The van der Waals surface area contributed by atoms with Crippen molar-refractivity contribution in [2.75, 3.05) is 11.7 Å². The summed E-state index contributed by atoms with van der Waals surface area (Å²) in [4.78, 5) is 4.04. The molecule has 0 aliphatic carbocycles. The second-order valence-electron chi connectivity index (χ2n) is 5.00. The van der Waals surface area contributed by atoms with Crippen LogP contribution in [0, 0.1) is 0 Å². The lowest BCUT2D eigenvalue weighted by Crippen LogP contribution is -1.96. The van der Waals surface area contributed by atoms with Gasteiger partial charge in [0.2, 0.25) is 0 Å². The Morgan fingerprint density at radius 1 is 1.35 bits per heavy atom. The summed E-state index contributed by atoms with van der Waals surface area (Å²) in [6, 6.07) is 5.40. The van der Waals surface area contributed by atoms with Crippen molar-refractivity contribution in [3.05, 3.63) is 52.5 Å². The lowest BCUT2D eigenvalue weighted by atomic mass is 10.2. The number of hydrogen-bond acceptors (Lipinski definition) is 3. The molecule has 1 aromatic heterocycles. The third kappa shape index (κ3) is 6.13. The maximum atomic E-state index is 6.31. The first-order chi connectivity index (χ1) is 11.2. The van der Waals surface area contributed by atoms with Crippen LogP contribution in [0.3, 0.4) is 0 Å². The Labute approximate surface area is 151 Å². The average Bonchev–Trinajstić information content (AvgIpc) is 3.03. The molecule has 0 aliphatic heterocycles. The summed E-state index contributed by atoms with van der Waals surface area (Å²) in [5.74, 6) is 2.39. The van der Waals surface area contributed by atoms with Crippen LogP contribution in [0.25, 0.3) is 12.0 Å². The van der Waals surface area contributed by atoms with Crippen molar-refractivity contribution in [1.29, 1.82) is 0 Å². The highest BCUT2D eigenvalue weighted by molar-refractivity contribution is 7.99. The van der Waals surface area contributed by atoms with Gasteiger partial charge in [-0.25, -0.2) is 4.98 Å². The molecule has 23 heavy (non-hydrogen) atoms. The van der Waals surface area contributed by atoms with Gasteiger partial charge in [-0.1, -0.05) is 43.0 Å². The van der Waals surface area contributed by atoms with E-state index in [-0.39, 0.29) is 0 Å². The molecule has 0 amide bonds. The summed E-state index contributed by atoms with van der Waals surface area (Å²) in [7, 11) is 0. The van der Waals surface area contributed by atoms with Crippen LogP contribution in [0.1, 0.15) is 31.7 Å². The number of nitrogens with zero attached hydrogens (tertiary/aromatic N) is 2. The van der Waals surface area contributed by atoms with E-state index in [1.807, 2.05) is 29.1 Å². The van der Waals surface area contributed by atoms with Crippen molar-refractivity contribution < 1.29 is 4.74 Å². The van der Waals surface area contributed by atoms with E-state index >= 15 is 0 Å². The van der Waals surface area contributed by atoms with Crippen LogP contribution in [0.4, 0.5) is 0 Å². The van der Waals surface area contributed by atoms with E-state index in [1.54, 1.807) is 30.4 Å². The van der Waals surface area contributed by atoms with Gasteiger partial charge in [-0.3, -0.25) is 0 Å². The van der Waals surface area contributed by atoms with E-state index in [2.05, 4.69) is 11.9 Å². The highest BCUT2D eigenvalue weighted by atomic mass is 35.5. The highest BCUT2D eigenvalue weighted by Gasteiger charge is 2.09. The topological polar surface area (TPSA) is 27.1 Å². The molecule has 0 atom stereocenters. The van der Waals surface area contributed by atoms with Gasteiger partial charge in [-0.05, 0) is 30.4 Å². The normalized spacial score (nSPS) is 11.7. The van der Waals surface area contributed by atoms with Crippen molar-refractivity contribution in [3.8, 4) is 0 Å². The van der Waals surface area contributed by atoms with Gasteiger partial charge in [0, 0.05) is 23.0 Å². The molecule has 1 aromatic carbocycles. The molecule has 0 saturated carbocycles. The van der Waals surface area contributed by atoms with Crippen LogP contribution in [-0.2, 0) is 4.74 Å². The number of rotatable bonds is 9. The zero-order chi connectivity index (χ0) is 16.5. The SMILES string of the molecule is CCCCCSCOC(=Cn1ccnc1)c1ccc(Cl)cc1Cl. The summed E-state index contributed by atoms with van der Waals surface area (Å²) in [5.41, 5.74) is 0.818. The molecule has 3 nitrogen and oxygen atoms in total. The second-order valence-corrected chi connectivity index (χ2v) is 6.90. The molecule has 0 spiro atoms. The minimum absolute atomic E-state index is 0.569. The molecule has 0 fully saturated rings. The van der Waals surface area contributed by atoms with Crippen LogP contribution in [-0.4, -0.2) is 21.2 Å². The minimum Gasteiger partial charge on any atom is -0.481 e. The molecule has 2 aromatic rings. The van der Waals surface area contributed by atoms with Crippen LogP contribution >= 0.6 is 35.0 Å². The minimum atomic E-state index is 0.569. The number of hydrogen-bond donors (Lipinski definition) is 0. The van der Waals surface area contributed by atoms with Gasteiger partial charge in [0.05, 0.1) is 17.5 Å². The van der Waals surface area contributed by atoms with E-state index in [4.69, 9.17) is 27.9 Å². The van der Waals surface area contributed by atoms with E-state index in [9.17, 15) is 0 Å². The van der Waals surface area contributed by atoms with E-state index < -0.39 is 0 Å². The second kappa shape index (κ2) is 9.91. The van der Waals surface area contributed by atoms with E-state index in [0.29, 0.717) is 21.7 Å². The van der Waals surface area contributed by atoms with Gasteiger partial charge in [0.15, 0.2) is 0 Å². The van der Waals surface area contributed by atoms with Crippen LogP contribution in [0.2, 0.25) is 10.0 Å². The zero-order valence-corrected chi connectivity index (χ0v) is 15.4. The Balaban J connectivity index is 2.07. The number of unbranched alkanes of at least 4 members (excludes halogenated alkanes) is 2. The monoisotopic (exact) mass is 370 g/mol. The maximum absolute atomic E-state index is 6.31. The molecule has 2 rings (SSSR count). The number of imidazole rings is 1. The summed E-state index contributed by atoms with van der Waals surface area (Å²) >= 11 is 14.1. The largest absolute Gasteiger partial charge is 0.481 e. The maximum Gasteiger partial charge on any atom is 0.145 e. The summed E-state index contributed by atoms with van der Waals surface area (Å²) in [6.07, 6.45) is 10.9. The zero-order valence-electron chi connectivity index (χ0n) is 13.0. The molecule has 0 saturated heterocycles. The number of halogens is 2. The van der Waals surface area contributed by atoms with Crippen LogP contribution in [0.5, 0.6) is 0 Å². The first kappa shape index (κ1) is 18.2. The van der Waals surface area contributed by atoms with E-state index in [0.717, 1.165) is 11.3 Å². The fourth-order valence-corrected chi connectivity index (χ4v) is 3.21. The molecular formula is C17H20Cl2N2OS. The Hall–Kier alpha value is -1.10. The lowest BCUT2D eigenvalue weighted by Gasteiger charge is -2.12. The van der Waals surface area contributed by atoms with Gasteiger partial charge in [-0.2, -0.15) is 0 Å². The van der Waals surface area contributed by atoms with Crippen molar-refractivity contribution in [2.45, 2.75) is 26.2 Å². The van der Waals surface area contributed by atoms with Crippen LogP contribution < -0.4 is 0 Å². The highest BCUT2D eigenvalue weighted by Crippen LogP contribution is 2.29. The number of aromatic nitrogens is 2. The average molecular weight is 371 g/mol. The Morgan fingerprint density at radius 3 is 2.91 bits per heavy atom. The Kier molecular flexibility index (Phi) is 7.86. The van der Waals surface area contributed by atoms with Gasteiger partial charge >= 0.3 is 0 Å². The first-order valence-corrected chi connectivity index (χ1v) is 9.47. The smallest absolute Gasteiger partial charge is 0.145 e. The van der Waals surface area contributed by atoms with Crippen molar-refractivity contribution in [3.63, 3.8) is 0 Å². The third-order valence-electron chi connectivity index (χ3n) is 3.18. The Morgan fingerprint density at radius 2 is 2.22 bits per heavy atom. The molecule has 6 heteroatoms. The van der Waals surface area contributed by atoms with Crippen molar-refractivity contribution in [2.24, 2.45) is 0 Å². The Bertz CT molecular complexity index is 630. The predicted molar refractivity (Wildman–Crippen MR) is 101 cm³/mol. The molecule has 0 aliphatic rings. The molecule has 0 unspecified atom stereocenters. The van der Waals surface area contributed by atoms with Gasteiger partial charge in [-0.15, -0.1) is 11.8 Å². The van der Waals surface area contributed by atoms with Gasteiger partial charge in [0.25, 0.3) is 0 Å². The van der Waals surface area contributed by atoms with Crippen molar-refractivity contribution >= 4 is 46.9 Å². The first-order valence-electron chi connectivity index (χ1n) is 7.56. The summed E-state index contributed by atoms with van der Waals surface area (Å²) in [5, 5.41) is 1.18.